The van der Waals surface area contributed by atoms with E-state index < -0.39 is 17.4 Å². The van der Waals surface area contributed by atoms with E-state index in [1.165, 1.54) is 7.11 Å². The number of aromatic nitrogens is 2. The number of rotatable bonds is 5. The third-order valence-corrected chi connectivity index (χ3v) is 2.76. The Kier molecular flexibility index (Phi) is 4.36. The summed E-state index contributed by atoms with van der Waals surface area (Å²) in [5.41, 5.74) is -0.437. The summed E-state index contributed by atoms with van der Waals surface area (Å²) in [5, 5.41) is 6.35. The van der Waals surface area contributed by atoms with Crippen molar-refractivity contribution >= 4 is 5.91 Å². The minimum Gasteiger partial charge on any atom is -0.490 e. The second-order valence-electron chi connectivity index (χ2n) is 4.27. The number of hydrogen-bond acceptors (Lipinski definition) is 7. The maximum Gasteiger partial charge on any atom is 0.287 e. The third-order valence-electron chi connectivity index (χ3n) is 2.76. The number of aryl methyl sites for hydroxylation is 1. The molecule has 0 radical (unpaired) electrons. The summed E-state index contributed by atoms with van der Waals surface area (Å²) >= 11 is 0. The fourth-order valence-corrected chi connectivity index (χ4v) is 1.58. The van der Waals surface area contributed by atoms with Gasteiger partial charge in [-0.1, -0.05) is 12.1 Å². The molecule has 2 rings (SSSR count). The van der Waals surface area contributed by atoms with Crippen LogP contribution in [0.4, 0.5) is 0 Å². The van der Waals surface area contributed by atoms with Crippen LogP contribution in [0.3, 0.4) is 0 Å². The van der Waals surface area contributed by atoms with Crippen molar-refractivity contribution < 1.29 is 18.5 Å². The van der Waals surface area contributed by atoms with Gasteiger partial charge in [0.1, 0.15) is 12.3 Å². The molecule has 8 nitrogen and oxygen atoms in total. The van der Waals surface area contributed by atoms with Crippen molar-refractivity contribution in [3.8, 4) is 5.75 Å². The SMILES string of the molecule is CCc1noc([C@H](C)NC(=O)c2cc(=O)c(OC)co2)n1. The summed E-state index contributed by atoms with van der Waals surface area (Å²) in [6.45, 7) is 3.58. The van der Waals surface area contributed by atoms with Gasteiger partial charge in [0.05, 0.1) is 7.11 Å². The number of carbonyl (C=O) groups excluding carboxylic acids is 1. The minimum absolute atomic E-state index is 0.0316. The molecular formula is C13H15N3O5. The molecule has 0 aliphatic rings. The first-order chi connectivity index (χ1) is 10.0. The highest BCUT2D eigenvalue weighted by Crippen LogP contribution is 2.11. The molecule has 0 spiro atoms. The number of nitrogens with zero attached hydrogens (tertiary/aromatic N) is 2. The van der Waals surface area contributed by atoms with E-state index in [0.717, 1.165) is 12.3 Å². The molecule has 2 heterocycles. The van der Waals surface area contributed by atoms with Crippen LogP contribution in [0.25, 0.3) is 0 Å². The van der Waals surface area contributed by atoms with E-state index in [4.69, 9.17) is 13.7 Å². The maximum absolute atomic E-state index is 12.0. The third kappa shape index (κ3) is 3.28. The van der Waals surface area contributed by atoms with E-state index in [0.29, 0.717) is 12.2 Å². The van der Waals surface area contributed by atoms with Crippen molar-refractivity contribution in [3.05, 3.63) is 40.0 Å². The summed E-state index contributed by atoms with van der Waals surface area (Å²) in [6.07, 6.45) is 1.72. The Morgan fingerprint density at radius 3 is 2.86 bits per heavy atom. The van der Waals surface area contributed by atoms with Gasteiger partial charge in [0.2, 0.25) is 17.1 Å². The second kappa shape index (κ2) is 6.21. The topological polar surface area (TPSA) is 107 Å². The van der Waals surface area contributed by atoms with Crippen molar-refractivity contribution in [3.63, 3.8) is 0 Å². The molecule has 1 atom stereocenters. The molecule has 112 valence electrons. The Balaban J connectivity index is 2.10. The van der Waals surface area contributed by atoms with E-state index in [1.807, 2.05) is 6.92 Å². The first-order valence-corrected chi connectivity index (χ1v) is 6.35. The van der Waals surface area contributed by atoms with Crippen LogP contribution in [0.15, 0.2) is 26.1 Å². The maximum atomic E-state index is 12.0. The van der Waals surface area contributed by atoms with E-state index in [-0.39, 0.29) is 17.4 Å². The van der Waals surface area contributed by atoms with E-state index in [2.05, 4.69) is 15.5 Å². The normalized spacial score (nSPS) is 12.0. The van der Waals surface area contributed by atoms with Crippen LogP contribution >= 0.6 is 0 Å². The number of nitrogens with one attached hydrogen (secondary N) is 1. The number of amides is 1. The van der Waals surface area contributed by atoms with Crippen molar-refractivity contribution in [1.29, 1.82) is 0 Å². The van der Waals surface area contributed by atoms with Gasteiger partial charge in [0.25, 0.3) is 5.91 Å². The lowest BCUT2D eigenvalue weighted by Gasteiger charge is -2.08. The molecule has 1 N–H and O–H groups in total. The smallest absolute Gasteiger partial charge is 0.287 e. The predicted molar refractivity (Wildman–Crippen MR) is 71.1 cm³/mol. The molecule has 0 aromatic carbocycles. The van der Waals surface area contributed by atoms with Gasteiger partial charge < -0.3 is 19.0 Å². The molecule has 0 aliphatic carbocycles. The molecule has 21 heavy (non-hydrogen) atoms. The van der Waals surface area contributed by atoms with Gasteiger partial charge in [-0.3, -0.25) is 9.59 Å². The zero-order valence-electron chi connectivity index (χ0n) is 11.9. The second-order valence-corrected chi connectivity index (χ2v) is 4.27. The molecule has 8 heteroatoms. The van der Waals surface area contributed by atoms with Crippen molar-refractivity contribution in [1.82, 2.24) is 15.5 Å². The monoisotopic (exact) mass is 293 g/mol. The summed E-state index contributed by atoms with van der Waals surface area (Å²) in [4.78, 5) is 27.7. The first-order valence-electron chi connectivity index (χ1n) is 6.35. The standard InChI is InChI=1S/C13H15N3O5/c1-4-11-15-13(21-16-11)7(2)14-12(18)9-5-8(17)10(19-3)6-20-9/h5-7H,4H2,1-3H3,(H,14,18)/t7-/m0/s1. The van der Waals surface area contributed by atoms with Gasteiger partial charge in [0, 0.05) is 12.5 Å². The quantitative estimate of drug-likeness (QED) is 0.878. The summed E-state index contributed by atoms with van der Waals surface area (Å²) in [6, 6.07) is 0.560. The largest absolute Gasteiger partial charge is 0.490 e. The van der Waals surface area contributed by atoms with Crippen LogP contribution in [-0.2, 0) is 6.42 Å². The average molecular weight is 293 g/mol. The van der Waals surface area contributed by atoms with Gasteiger partial charge in [-0.15, -0.1) is 0 Å². The number of ether oxygens (including phenoxy) is 1. The first kappa shape index (κ1) is 14.8. The zero-order valence-corrected chi connectivity index (χ0v) is 11.9. The molecular weight excluding hydrogens is 278 g/mol. The van der Waals surface area contributed by atoms with Gasteiger partial charge in [-0.05, 0) is 6.92 Å². The van der Waals surface area contributed by atoms with Crippen molar-refractivity contribution in [2.24, 2.45) is 0 Å². The molecule has 2 aromatic rings. The Morgan fingerprint density at radius 2 is 2.29 bits per heavy atom. The molecule has 0 fully saturated rings. The number of methoxy groups -OCH3 is 1. The molecule has 0 saturated carbocycles. The molecule has 0 bridgehead atoms. The average Bonchev–Trinajstić information content (AvgIpc) is 2.96. The van der Waals surface area contributed by atoms with Crippen molar-refractivity contribution in [2.45, 2.75) is 26.3 Å². The lowest BCUT2D eigenvalue weighted by Crippen LogP contribution is -2.27. The van der Waals surface area contributed by atoms with Crippen molar-refractivity contribution in [2.75, 3.05) is 7.11 Å². The Hall–Kier alpha value is -2.64. The summed E-state index contributed by atoms with van der Waals surface area (Å²) in [5.74, 6) is 0.198. The van der Waals surface area contributed by atoms with Gasteiger partial charge in [0.15, 0.2) is 11.6 Å². The summed E-state index contributed by atoms with van der Waals surface area (Å²) < 4.78 is 14.9. The molecule has 2 aromatic heterocycles. The van der Waals surface area contributed by atoms with Crippen LogP contribution < -0.4 is 15.5 Å². The van der Waals surface area contributed by atoms with E-state index in [1.54, 1.807) is 6.92 Å². The summed E-state index contributed by atoms with van der Waals surface area (Å²) in [7, 11) is 1.34. The van der Waals surface area contributed by atoms with Crippen LogP contribution in [0.5, 0.6) is 5.75 Å². The van der Waals surface area contributed by atoms with Crippen LogP contribution in [0.2, 0.25) is 0 Å². The minimum atomic E-state index is -0.557. The van der Waals surface area contributed by atoms with Crippen LogP contribution in [0.1, 0.15) is 42.2 Å². The van der Waals surface area contributed by atoms with Crippen LogP contribution in [0, 0.1) is 0 Å². The molecule has 0 saturated heterocycles. The number of hydrogen-bond donors (Lipinski definition) is 1. The van der Waals surface area contributed by atoms with Gasteiger partial charge >= 0.3 is 0 Å². The molecule has 0 unspecified atom stereocenters. The lowest BCUT2D eigenvalue weighted by atomic mass is 10.3. The fraction of sp³-hybridized carbons (Fsp3) is 0.385. The van der Waals surface area contributed by atoms with E-state index in [9.17, 15) is 9.59 Å². The Labute approximate surface area is 120 Å². The molecule has 1 amide bonds. The number of carbonyl (C=O) groups is 1. The van der Waals surface area contributed by atoms with Gasteiger partial charge in [-0.2, -0.15) is 4.98 Å². The Bertz CT molecular complexity index is 691. The highest BCUT2D eigenvalue weighted by molar-refractivity contribution is 5.91. The van der Waals surface area contributed by atoms with Crippen LogP contribution in [-0.4, -0.2) is 23.2 Å². The molecule has 0 aliphatic heterocycles. The fourth-order valence-electron chi connectivity index (χ4n) is 1.58. The lowest BCUT2D eigenvalue weighted by molar-refractivity contribution is 0.0901. The Morgan fingerprint density at radius 1 is 1.52 bits per heavy atom. The van der Waals surface area contributed by atoms with E-state index >= 15 is 0 Å². The van der Waals surface area contributed by atoms with Gasteiger partial charge in [-0.25, -0.2) is 0 Å². The zero-order chi connectivity index (χ0) is 15.4. The highest BCUT2D eigenvalue weighted by Gasteiger charge is 2.19. The predicted octanol–water partition coefficient (Wildman–Crippen LogP) is 1.08. The highest BCUT2D eigenvalue weighted by atomic mass is 16.5.